The van der Waals surface area contributed by atoms with Crippen LogP contribution in [0.15, 0.2) is 0 Å². The number of hydrogen-bond donors (Lipinski definition) is 7. The second kappa shape index (κ2) is 7.26. The first-order valence-electron chi connectivity index (χ1n) is 6.55. The van der Waals surface area contributed by atoms with Crippen molar-refractivity contribution < 1.29 is 24.7 Å². The standard InChI is InChI=1S/C9H16BN7O5/c18-8(2-7-14-16-17-15-7)13-5(10(21)22)1-6-11-3-4(12-6)9(19)20/h4-6,11-12,21-22H,1-3H2,(H,13,18)(H,19,20)(H,14,15,16,17)/t4?,5-,6?/m0/s1. The van der Waals surface area contributed by atoms with Crippen LogP contribution in [0.25, 0.3) is 0 Å². The monoisotopic (exact) mass is 313 g/mol. The fourth-order valence-electron chi connectivity index (χ4n) is 2.10. The molecule has 0 aromatic carbocycles. The highest BCUT2D eigenvalue weighted by atomic mass is 16.4. The molecule has 1 aliphatic rings. The van der Waals surface area contributed by atoms with E-state index in [0.717, 1.165) is 0 Å². The minimum atomic E-state index is -1.79. The third kappa shape index (κ3) is 4.46. The minimum Gasteiger partial charge on any atom is -0.480 e. The first kappa shape index (κ1) is 16.3. The Labute approximate surface area is 124 Å². The first-order valence-corrected chi connectivity index (χ1v) is 6.55. The van der Waals surface area contributed by atoms with E-state index in [1.807, 2.05) is 0 Å². The average molecular weight is 313 g/mol. The van der Waals surface area contributed by atoms with Crippen LogP contribution in [0.4, 0.5) is 0 Å². The predicted octanol–water partition coefficient (Wildman–Crippen LogP) is -4.40. The van der Waals surface area contributed by atoms with Crippen LogP contribution in [0.3, 0.4) is 0 Å². The van der Waals surface area contributed by atoms with Crippen LogP contribution in [0.1, 0.15) is 12.2 Å². The summed E-state index contributed by atoms with van der Waals surface area (Å²) in [5.74, 6) is -2.31. The fourth-order valence-corrected chi connectivity index (χ4v) is 2.10. The molecule has 2 rings (SSSR count). The number of aliphatic carboxylic acids is 1. The number of nitrogens with one attached hydrogen (secondary N) is 4. The molecule has 0 bridgehead atoms. The second-order valence-corrected chi connectivity index (χ2v) is 4.85. The molecule has 1 amide bonds. The number of aromatic nitrogens is 4. The van der Waals surface area contributed by atoms with Gasteiger partial charge in [-0.05, 0) is 6.42 Å². The SMILES string of the molecule is O=C(Cc1nn[nH]n1)N[C@@H](CC1NCC(C(=O)O)N1)B(O)O. The molecule has 7 N–H and O–H groups in total. The molecule has 12 nitrogen and oxygen atoms in total. The van der Waals surface area contributed by atoms with E-state index in [4.69, 9.17) is 5.11 Å². The van der Waals surface area contributed by atoms with E-state index in [9.17, 15) is 19.6 Å². The topological polar surface area (TPSA) is 185 Å². The van der Waals surface area contributed by atoms with Gasteiger partial charge in [-0.3, -0.25) is 20.2 Å². The van der Waals surface area contributed by atoms with Crippen molar-refractivity contribution in [1.82, 2.24) is 36.6 Å². The van der Waals surface area contributed by atoms with Crippen molar-refractivity contribution in [2.24, 2.45) is 0 Å². The molecule has 1 saturated heterocycles. The van der Waals surface area contributed by atoms with Crippen LogP contribution in [-0.2, 0) is 16.0 Å². The molecule has 1 aromatic rings. The smallest absolute Gasteiger partial charge is 0.475 e. The number of hydrogen-bond acceptors (Lipinski definition) is 9. The lowest BCUT2D eigenvalue weighted by Gasteiger charge is -2.21. The fraction of sp³-hybridized carbons (Fsp3) is 0.667. The highest BCUT2D eigenvalue weighted by molar-refractivity contribution is 6.43. The Balaban J connectivity index is 1.85. The van der Waals surface area contributed by atoms with Crippen LogP contribution in [0.5, 0.6) is 0 Å². The molecule has 0 radical (unpaired) electrons. The summed E-state index contributed by atoms with van der Waals surface area (Å²) in [5, 5.41) is 48.4. The third-order valence-electron chi connectivity index (χ3n) is 3.17. The minimum absolute atomic E-state index is 0.0967. The van der Waals surface area contributed by atoms with Gasteiger partial charge in [-0.1, -0.05) is 5.21 Å². The van der Waals surface area contributed by atoms with Gasteiger partial charge in [0, 0.05) is 6.54 Å². The van der Waals surface area contributed by atoms with Gasteiger partial charge in [-0.2, -0.15) is 5.21 Å². The number of amides is 1. The predicted molar refractivity (Wildman–Crippen MR) is 71.0 cm³/mol. The van der Waals surface area contributed by atoms with Crippen LogP contribution in [0.2, 0.25) is 0 Å². The summed E-state index contributed by atoms with van der Waals surface area (Å²) in [4.78, 5) is 22.6. The summed E-state index contributed by atoms with van der Waals surface area (Å²) in [5.41, 5.74) is 0. The summed E-state index contributed by atoms with van der Waals surface area (Å²) in [6.45, 7) is 0.213. The number of aromatic amines is 1. The Morgan fingerprint density at radius 3 is 2.77 bits per heavy atom. The van der Waals surface area contributed by atoms with Crippen molar-refractivity contribution in [2.75, 3.05) is 6.54 Å². The van der Waals surface area contributed by atoms with E-state index in [1.165, 1.54) is 0 Å². The second-order valence-electron chi connectivity index (χ2n) is 4.85. The van der Waals surface area contributed by atoms with Crippen molar-refractivity contribution >= 4 is 19.0 Å². The Morgan fingerprint density at radius 1 is 1.45 bits per heavy atom. The van der Waals surface area contributed by atoms with Gasteiger partial charge >= 0.3 is 13.1 Å². The lowest BCUT2D eigenvalue weighted by molar-refractivity contribution is -0.138. The lowest BCUT2D eigenvalue weighted by Crippen LogP contribution is -2.52. The van der Waals surface area contributed by atoms with Crippen molar-refractivity contribution in [3.05, 3.63) is 5.82 Å². The number of H-pyrrole nitrogens is 1. The van der Waals surface area contributed by atoms with Gasteiger partial charge in [0.2, 0.25) is 5.91 Å². The maximum absolute atomic E-state index is 11.8. The van der Waals surface area contributed by atoms with Gasteiger partial charge in [-0.25, -0.2) is 0 Å². The molecule has 22 heavy (non-hydrogen) atoms. The largest absolute Gasteiger partial charge is 0.480 e. The molecule has 120 valence electrons. The lowest BCUT2D eigenvalue weighted by atomic mass is 9.76. The van der Waals surface area contributed by atoms with Crippen LogP contribution < -0.4 is 16.0 Å². The number of carbonyl (C=O) groups excluding carboxylic acids is 1. The first-order chi connectivity index (χ1) is 10.5. The Bertz CT molecular complexity index is 512. The van der Waals surface area contributed by atoms with E-state index in [-0.39, 0.29) is 25.2 Å². The Morgan fingerprint density at radius 2 is 2.23 bits per heavy atom. The molecule has 13 heteroatoms. The molecular formula is C9H16BN7O5. The highest BCUT2D eigenvalue weighted by Gasteiger charge is 2.34. The third-order valence-corrected chi connectivity index (χ3v) is 3.17. The quantitative estimate of drug-likeness (QED) is 0.242. The van der Waals surface area contributed by atoms with Crippen LogP contribution in [0, 0.1) is 0 Å². The molecule has 1 aliphatic heterocycles. The molecule has 0 saturated carbocycles. The van der Waals surface area contributed by atoms with E-state index in [1.54, 1.807) is 0 Å². The number of tetrazole rings is 1. The van der Waals surface area contributed by atoms with Crippen molar-refractivity contribution in [1.29, 1.82) is 0 Å². The van der Waals surface area contributed by atoms with Crippen molar-refractivity contribution in [3.63, 3.8) is 0 Å². The summed E-state index contributed by atoms with van der Waals surface area (Å²) in [7, 11) is -1.79. The van der Waals surface area contributed by atoms with Gasteiger partial charge < -0.3 is 20.5 Å². The number of nitrogens with zero attached hydrogens (tertiary/aromatic N) is 3. The van der Waals surface area contributed by atoms with Crippen LogP contribution >= 0.6 is 0 Å². The molecule has 0 aliphatic carbocycles. The van der Waals surface area contributed by atoms with Gasteiger partial charge in [-0.15, -0.1) is 10.2 Å². The number of carboxylic acid groups (broad SMARTS) is 1. The van der Waals surface area contributed by atoms with E-state index in [0.29, 0.717) is 0 Å². The summed E-state index contributed by atoms with van der Waals surface area (Å²) >= 11 is 0. The van der Waals surface area contributed by atoms with Gasteiger partial charge in [0.05, 0.1) is 18.5 Å². The van der Waals surface area contributed by atoms with E-state index >= 15 is 0 Å². The zero-order valence-electron chi connectivity index (χ0n) is 11.4. The molecule has 0 spiro atoms. The zero-order valence-corrected chi connectivity index (χ0v) is 11.4. The number of carboxylic acids is 1. The van der Waals surface area contributed by atoms with Gasteiger partial charge in [0.25, 0.3) is 0 Å². The molecule has 1 fully saturated rings. The maximum atomic E-state index is 11.8. The Hall–Kier alpha value is -2.09. The van der Waals surface area contributed by atoms with Crippen LogP contribution in [-0.4, -0.2) is 79.5 Å². The molecule has 1 aromatic heterocycles. The number of rotatable bonds is 7. The molecule has 2 heterocycles. The molecular weight excluding hydrogens is 297 g/mol. The summed E-state index contributed by atoms with van der Waals surface area (Å²) < 4.78 is 0. The average Bonchev–Trinajstić information content (AvgIpc) is 3.09. The van der Waals surface area contributed by atoms with Crippen molar-refractivity contribution in [2.45, 2.75) is 31.0 Å². The summed E-state index contributed by atoms with van der Waals surface area (Å²) in [6, 6.07) is -0.753. The summed E-state index contributed by atoms with van der Waals surface area (Å²) in [6.07, 6.45) is -0.527. The normalized spacial score (nSPS) is 22.3. The van der Waals surface area contributed by atoms with Crippen molar-refractivity contribution in [3.8, 4) is 0 Å². The molecule has 2 unspecified atom stereocenters. The zero-order chi connectivity index (χ0) is 16.1. The molecule has 3 atom stereocenters. The van der Waals surface area contributed by atoms with E-state index < -0.39 is 37.1 Å². The maximum Gasteiger partial charge on any atom is 0.475 e. The number of carbonyl (C=O) groups is 2. The van der Waals surface area contributed by atoms with Gasteiger partial charge in [0.1, 0.15) is 6.04 Å². The van der Waals surface area contributed by atoms with E-state index in [2.05, 4.69) is 36.6 Å². The highest BCUT2D eigenvalue weighted by Crippen LogP contribution is 2.05. The van der Waals surface area contributed by atoms with Gasteiger partial charge in [0.15, 0.2) is 5.82 Å². The Kier molecular flexibility index (Phi) is 5.38.